The lowest BCUT2D eigenvalue weighted by Crippen LogP contribution is -2.41. The van der Waals surface area contributed by atoms with E-state index in [9.17, 15) is 13.9 Å². The van der Waals surface area contributed by atoms with Crippen molar-refractivity contribution in [2.45, 2.75) is 28.7 Å². The molecule has 2 aromatic carbocycles. The Morgan fingerprint density at radius 1 is 1.22 bits per heavy atom. The van der Waals surface area contributed by atoms with Gasteiger partial charge in [0.25, 0.3) is 0 Å². The second-order valence-electron chi connectivity index (χ2n) is 6.88. The molecule has 0 saturated carbocycles. The van der Waals surface area contributed by atoms with Gasteiger partial charge in [0.2, 0.25) is 0 Å². The number of halogens is 4. The zero-order valence-corrected chi connectivity index (χ0v) is 19.6. The van der Waals surface area contributed by atoms with E-state index >= 15 is 0 Å². The lowest BCUT2D eigenvalue weighted by Gasteiger charge is -2.33. The van der Waals surface area contributed by atoms with E-state index in [-0.39, 0.29) is 12.1 Å². The molecule has 0 aliphatic heterocycles. The Hall–Kier alpha value is -2.11. The maximum absolute atomic E-state index is 14.7. The third-order valence-corrected chi connectivity index (χ3v) is 7.50. The van der Waals surface area contributed by atoms with Crippen molar-refractivity contribution in [2.75, 3.05) is 0 Å². The van der Waals surface area contributed by atoms with Crippen LogP contribution >= 0.6 is 46.5 Å². The molecular weight excluding hydrogens is 499 g/mol. The first-order valence-electron chi connectivity index (χ1n) is 9.23. The second-order valence-corrected chi connectivity index (χ2v) is 10.0. The van der Waals surface area contributed by atoms with Gasteiger partial charge >= 0.3 is 0 Å². The number of rotatable bonds is 7. The number of hydrogen-bond donors (Lipinski definition) is 1. The highest BCUT2D eigenvalue weighted by atomic mass is 35.5. The third kappa shape index (κ3) is 4.65. The van der Waals surface area contributed by atoms with Gasteiger partial charge in [0.1, 0.15) is 29.9 Å². The summed E-state index contributed by atoms with van der Waals surface area (Å²) < 4.78 is 34.4. The van der Waals surface area contributed by atoms with Crippen LogP contribution in [0, 0.1) is 11.6 Å². The molecular formula is C20H15Cl2F2N5OS2. The van der Waals surface area contributed by atoms with Crippen molar-refractivity contribution in [1.29, 1.82) is 0 Å². The molecule has 4 rings (SSSR count). The zero-order valence-electron chi connectivity index (χ0n) is 16.4. The molecule has 0 radical (unpaired) electrons. The third-order valence-electron chi connectivity index (χ3n) is 4.81. The Morgan fingerprint density at radius 3 is 2.62 bits per heavy atom. The predicted molar refractivity (Wildman–Crippen MR) is 121 cm³/mol. The molecule has 2 atom stereocenters. The maximum atomic E-state index is 14.7. The Labute approximate surface area is 200 Å². The largest absolute Gasteiger partial charge is 0.382 e. The van der Waals surface area contributed by atoms with Crippen LogP contribution in [-0.2, 0) is 12.1 Å². The van der Waals surface area contributed by atoms with Crippen molar-refractivity contribution in [3.8, 4) is 11.4 Å². The van der Waals surface area contributed by atoms with Gasteiger partial charge in [0.15, 0.2) is 10.2 Å². The highest BCUT2D eigenvalue weighted by Gasteiger charge is 2.40. The minimum atomic E-state index is -1.76. The van der Waals surface area contributed by atoms with Crippen LogP contribution in [0.1, 0.15) is 12.5 Å². The van der Waals surface area contributed by atoms with Crippen LogP contribution in [0.3, 0.4) is 0 Å². The van der Waals surface area contributed by atoms with Crippen molar-refractivity contribution in [2.24, 2.45) is 0 Å². The molecule has 2 aromatic heterocycles. The van der Waals surface area contributed by atoms with Gasteiger partial charge in [-0.2, -0.15) is 9.47 Å². The van der Waals surface area contributed by atoms with E-state index in [4.69, 9.17) is 23.2 Å². The minimum absolute atomic E-state index is 0.0618. The van der Waals surface area contributed by atoms with Crippen LogP contribution in [0.5, 0.6) is 0 Å². The normalized spacial score (nSPS) is 14.3. The summed E-state index contributed by atoms with van der Waals surface area (Å²) in [6.45, 7) is 1.61. The smallest absolute Gasteiger partial charge is 0.177 e. The van der Waals surface area contributed by atoms with Gasteiger partial charge in [-0.3, -0.25) is 0 Å². The van der Waals surface area contributed by atoms with Gasteiger partial charge < -0.3 is 5.11 Å². The number of aromatic nitrogens is 5. The molecule has 166 valence electrons. The molecule has 0 fully saturated rings. The molecule has 1 N–H and O–H groups in total. The summed E-state index contributed by atoms with van der Waals surface area (Å²) in [5.41, 5.74) is -1.31. The number of thioether (sulfide) groups is 1. The van der Waals surface area contributed by atoms with Crippen LogP contribution in [0.4, 0.5) is 8.78 Å². The fourth-order valence-electron chi connectivity index (χ4n) is 3.15. The molecule has 0 bridgehead atoms. The van der Waals surface area contributed by atoms with Crippen LogP contribution in [0.2, 0.25) is 10.0 Å². The fourth-order valence-corrected chi connectivity index (χ4v) is 5.70. The lowest BCUT2D eigenvalue weighted by atomic mass is 9.90. The van der Waals surface area contributed by atoms with Crippen LogP contribution in [0.25, 0.3) is 11.4 Å². The Bertz CT molecular complexity index is 1220. The second kappa shape index (κ2) is 9.40. The van der Waals surface area contributed by atoms with E-state index in [0.717, 1.165) is 23.7 Å². The molecule has 0 spiro atoms. The molecule has 0 amide bonds. The van der Waals surface area contributed by atoms with E-state index in [0.29, 0.717) is 25.8 Å². The van der Waals surface area contributed by atoms with Crippen molar-refractivity contribution < 1.29 is 13.9 Å². The Kier molecular flexibility index (Phi) is 6.78. The number of nitrogens with zero attached hydrogens (tertiary/aromatic N) is 5. The molecule has 0 saturated heterocycles. The summed E-state index contributed by atoms with van der Waals surface area (Å²) in [4.78, 5) is 8.35. The molecule has 2 unspecified atom stereocenters. The van der Waals surface area contributed by atoms with Gasteiger partial charge in [0, 0.05) is 16.9 Å². The van der Waals surface area contributed by atoms with Gasteiger partial charge in [-0.25, -0.2) is 23.4 Å². The molecule has 0 aliphatic rings. The first-order chi connectivity index (χ1) is 15.3. The molecule has 32 heavy (non-hydrogen) atoms. The summed E-state index contributed by atoms with van der Waals surface area (Å²) in [6.07, 6.45) is 2.72. The average Bonchev–Trinajstić information content (AvgIpc) is 3.40. The summed E-state index contributed by atoms with van der Waals surface area (Å²) in [7, 11) is 0. The first-order valence-corrected chi connectivity index (χ1v) is 11.6. The van der Waals surface area contributed by atoms with Gasteiger partial charge in [0.05, 0.1) is 22.2 Å². The Balaban J connectivity index is 1.66. The summed E-state index contributed by atoms with van der Waals surface area (Å²) in [6, 6.07) is 8.17. The molecule has 0 aliphatic carbocycles. The number of hydrogen-bond acceptors (Lipinski definition) is 7. The minimum Gasteiger partial charge on any atom is -0.382 e. The van der Waals surface area contributed by atoms with Crippen LogP contribution in [-0.4, -0.2) is 34.5 Å². The van der Waals surface area contributed by atoms with Crippen molar-refractivity contribution in [3.63, 3.8) is 0 Å². The monoisotopic (exact) mass is 513 g/mol. The summed E-state index contributed by atoms with van der Waals surface area (Å²) in [5.74, 6) is -1.24. The standard InChI is InChI=1S/C20H15Cl2F2N5OS2/c1-11(31-19-27-18(28-32-19)17-14(21)3-2-4-15(17)22)20(30,8-29-10-25-9-26-29)13-6-5-12(23)7-16(13)24/h2-7,9-11,30H,8H2,1H3. The SMILES string of the molecule is CC(Sc1nc(-c2c(Cl)cccc2Cl)ns1)C(O)(Cn1cncn1)c1ccc(F)cc1F. The Morgan fingerprint density at radius 2 is 1.97 bits per heavy atom. The van der Waals surface area contributed by atoms with Crippen molar-refractivity contribution in [1.82, 2.24) is 24.1 Å². The molecule has 2 heterocycles. The van der Waals surface area contributed by atoms with E-state index < -0.39 is 22.5 Å². The molecule has 12 heteroatoms. The lowest BCUT2D eigenvalue weighted by molar-refractivity contribution is 0.0133. The number of benzene rings is 2. The molecule has 4 aromatic rings. The zero-order chi connectivity index (χ0) is 22.9. The highest BCUT2D eigenvalue weighted by Crippen LogP contribution is 2.41. The van der Waals surface area contributed by atoms with E-state index in [1.807, 2.05) is 0 Å². The van der Waals surface area contributed by atoms with E-state index in [2.05, 4.69) is 19.4 Å². The quantitative estimate of drug-likeness (QED) is 0.331. The summed E-state index contributed by atoms with van der Waals surface area (Å²) >= 11 is 14.8. The molecule has 6 nitrogen and oxygen atoms in total. The first kappa shape index (κ1) is 23.1. The van der Waals surface area contributed by atoms with Gasteiger partial charge in [-0.15, -0.1) is 0 Å². The predicted octanol–water partition coefficient (Wildman–Crippen LogP) is 5.45. The van der Waals surface area contributed by atoms with Gasteiger partial charge in [-0.1, -0.05) is 47.1 Å². The fraction of sp³-hybridized carbons (Fsp3) is 0.200. The van der Waals surface area contributed by atoms with E-state index in [1.165, 1.54) is 35.2 Å². The van der Waals surface area contributed by atoms with E-state index in [1.54, 1.807) is 25.1 Å². The van der Waals surface area contributed by atoms with Crippen molar-refractivity contribution in [3.05, 3.63) is 76.3 Å². The van der Waals surface area contributed by atoms with Crippen LogP contribution < -0.4 is 0 Å². The number of aliphatic hydroxyl groups is 1. The van der Waals surface area contributed by atoms with Crippen molar-refractivity contribution >= 4 is 46.5 Å². The average molecular weight is 514 g/mol. The highest BCUT2D eigenvalue weighted by molar-refractivity contribution is 8.01. The topological polar surface area (TPSA) is 76.7 Å². The maximum Gasteiger partial charge on any atom is 0.177 e. The van der Waals surface area contributed by atoms with Gasteiger partial charge in [-0.05, 0) is 36.7 Å². The summed E-state index contributed by atoms with van der Waals surface area (Å²) in [5, 5.41) is 15.8. The van der Waals surface area contributed by atoms with Crippen LogP contribution in [0.15, 0.2) is 53.4 Å².